The summed E-state index contributed by atoms with van der Waals surface area (Å²) in [6.07, 6.45) is 1.77. The van der Waals surface area contributed by atoms with Crippen molar-refractivity contribution in [3.05, 3.63) is 34.9 Å². The van der Waals surface area contributed by atoms with Gasteiger partial charge < -0.3 is 10.2 Å². The standard InChI is InChI=1S/C19H29ClN2O2/c1-6-8-17(23)22(13-14-9-11-15(20)12-10-14)16(7-2)18(24)21-19(3,4)5/h9-12,16H,6-8,13H2,1-5H3,(H,21,24). The maximum absolute atomic E-state index is 12.7. The van der Waals surface area contributed by atoms with Gasteiger partial charge in [-0.15, -0.1) is 0 Å². The van der Waals surface area contributed by atoms with Crippen LogP contribution in [0, 0.1) is 0 Å². The lowest BCUT2D eigenvalue weighted by molar-refractivity contribution is -0.142. The summed E-state index contributed by atoms with van der Waals surface area (Å²) in [4.78, 5) is 27.0. The highest BCUT2D eigenvalue weighted by Crippen LogP contribution is 2.17. The number of nitrogens with one attached hydrogen (secondary N) is 1. The van der Waals surface area contributed by atoms with Crippen molar-refractivity contribution in [1.29, 1.82) is 0 Å². The minimum Gasteiger partial charge on any atom is -0.350 e. The largest absolute Gasteiger partial charge is 0.350 e. The summed E-state index contributed by atoms with van der Waals surface area (Å²) in [5.41, 5.74) is 0.635. The maximum atomic E-state index is 12.7. The molecule has 0 saturated heterocycles. The number of amides is 2. The third-order valence-corrected chi connectivity index (χ3v) is 3.87. The van der Waals surface area contributed by atoms with Crippen LogP contribution >= 0.6 is 11.6 Å². The van der Waals surface area contributed by atoms with E-state index in [4.69, 9.17) is 11.6 Å². The molecule has 1 aromatic carbocycles. The third kappa shape index (κ3) is 6.52. The number of hydrogen-bond acceptors (Lipinski definition) is 2. The van der Waals surface area contributed by atoms with Gasteiger partial charge in [-0.05, 0) is 51.3 Å². The van der Waals surface area contributed by atoms with Gasteiger partial charge in [0.2, 0.25) is 11.8 Å². The number of benzene rings is 1. The minimum absolute atomic E-state index is 0.00311. The lowest BCUT2D eigenvalue weighted by Crippen LogP contribution is -2.53. The molecular formula is C19H29ClN2O2. The van der Waals surface area contributed by atoms with E-state index < -0.39 is 6.04 Å². The Kier molecular flexibility index (Phi) is 7.74. The van der Waals surface area contributed by atoms with Gasteiger partial charge in [-0.3, -0.25) is 9.59 Å². The molecule has 0 bridgehead atoms. The Balaban J connectivity index is 3.03. The van der Waals surface area contributed by atoms with Gasteiger partial charge >= 0.3 is 0 Å². The zero-order valence-electron chi connectivity index (χ0n) is 15.4. The van der Waals surface area contributed by atoms with Gasteiger partial charge in [-0.25, -0.2) is 0 Å². The number of nitrogens with zero attached hydrogens (tertiary/aromatic N) is 1. The molecule has 1 unspecified atom stereocenters. The fraction of sp³-hybridized carbons (Fsp3) is 0.579. The van der Waals surface area contributed by atoms with Crippen LogP contribution in [0.4, 0.5) is 0 Å². The Morgan fingerprint density at radius 1 is 1.17 bits per heavy atom. The van der Waals surface area contributed by atoms with E-state index in [0.29, 0.717) is 24.4 Å². The zero-order chi connectivity index (χ0) is 18.3. The average Bonchev–Trinajstić information content (AvgIpc) is 2.47. The van der Waals surface area contributed by atoms with E-state index in [9.17, 15) is 9.59 Å². The first-order valence-corrected chi connectivity index (χ1v) is 8.91. The van der Waals surface area contributed by atoms with Crippen molar-refractivity contribution in [2.75, 3.05) is 0 Å². The molecule has 0 aliphatic carbocycles. The first-order chi connectivity index (χ1) is 11.2. The molecule has 1 atom stereocenters. The van der Waals surface area contributed by atoms with Gasteiger partial charge in [0.25, 0.3) is 0 Å². The summed E-state index contributed by atoms with van der Waals surface area (Å²) in [7, 11) is 0. The monoisotopic (exact) mass is 352 g/mol. The predicted molar refractivity (Wildman–Crippen MR) is 98.9 cm³/mol. The fourth-order valence-electron chi connectivity index (χ4n) is 2.52. The first-order valence-electron chi connectivity index (χ1n) is 8.53. The molecule has 1 aromatic rings. The van der Waals surface area contributed by atoms with Gasteiger partial charge in [0.05, 0.1) is 0 Å². The third-order valence-electron chi connectivity index (χ3n) is 3.61. The molecule has 134 valence electrons. The molecular weight excluding hydrogens is 324 g/mol. The normalized spacial score (nSPS) is 12.6. The van der Waals surface area contributed by atoms with Crippen LogP contribution in [0.1, 0.15) is 59.4 Å². The van der Waals surface area contributed by atoms with Crippen LogP contribution in [0.25, 0.3) is 0 Å². The summed E-state index contributed by atoms with van der Waals surface area (Å²) in [5.74, 6) is -0.105. The number of carbonyl (C=O) groups excluding carboxylic acids is 2. The molecule has 0 aromatic heterocycles. The Labute approximate surface area is 150 Å². The Hall–Kier alpha value is -1.55. The molecule has 1 rings (SSSR count). The van der Waals surface area contributed by atoms with E-state index in [-0.39, 0.29) is 17.4 Å². The van der Waals surface area contributed by atoms with Gasteiger partial charge in [-0.1, -0.05) is 37.6 Å². The van der Waals surface area contributed by atoms with E-state index in [1.807, 2.05) is 46.8 Å². The van der Waals surface area contributed by atoms with Crippen LogP contribution in [0.3, 0.4) is 0 Å². The van der Waals surface area contributed by atoms with Gasteiger partial charge in [0.1, 0.15) is 6.04 Å². The van der Waals surface area contributed by atoms with Crippen molar-refractivity contribution in [2.24, 2.45) is 0 Å². The average molecular weight is 353 g/mol. The van der Waals surface area contributed by atoms with Crippen molar-refractivity contribution in [3.8, 4) is 0 Å². The van der Waals surface area contributed by atoms with Crippen LogP contribution in [0.2, 0.25) is 5.02 Å². The zero-order valence-corrected chi connectivity index (χ0v) is 16.1. The molecule has 24 heavy (non-hydrogen) atoms. The molecule has 2 amide bonds. The fourth-order valence-corrected chi connectivity index (χ4v) is 2.64. The quantitative estimate of drug-likeness (QED) is 0.800. The van der Waals surface area contributed by atoms with Crippen molar-refractivity contribution < 1.29 is 9.59 Å². The number of halogens is 1. The SMILES string of the molecule is CCCC(=O)N(Cc1ccc(Cl)cc1)C(CC)C(=O)NC(C)(C)C. The molecule has 0 spiro atoms. The molecule has 0 heterocycles. The van der Waals surface area contributed by atoms with E-state index >= 15 is 0 Å². The molecule has 4 nitrogen and oxygen atoms in total. The molecule has 0 fully saturated rings. The molecule has 0 saturated carbocycles. The molecule has 0 aliphatic rings. The predicted octanol–water partition coefficient (Wildman–Crippen LogP) is 4.16. The van der Waals surface area contributed by atoms with Crippen LogP contribution in [0.15, 0.2) is 24.3 Å². The lowest BCUT2D eigenvalue weighted by Gasteiger charge is -2.33. The lowest BCUT2D eigenvalue weighted by atomic mass is 10.0. The van der Waals surface area contributed by atoms with Gasteiger partial charge in [0.15, 0.2) is 0 Å². The van der Waals surface area contributed by atoms with Crippen molar-refractivity contribution in [1.82, 2.24) is 10.2 Å². The molecule has 0 aliphatic heterocycles. The Bertz CT molecular complexity index is 549. The van der Waals surface area contributed by atoms with Crippen molar-refractivity contribution >= 4 is 23.4 Å². The highest BCUT2D eigenvalue weighted by atomic mass is 35.5. The summed E-state index contributed by atoms with van der Waals surface area (Å²) in [5, 5.41) is 3.64. The van der Waals surface area contributed by atoms with Crippen molar-refractivity contribution in [2.45, 2.75) is 72.0 Å². The van der Waals surface area contributed by atoms with E-state index in [1.165, 1.54) is 0 Å². The second kappa shape index (κ2) is 9.07. The van der Waals surface area contributed by atoms with E-state index in [0.717, 1.165) is 12.0 Å². The maximum Gasteiger partial charge on any atom is 0.243 e. The van der Waals surface area contributed by atoms with E-state index in [1.54, 1.807) is 17.0 Å². The molecule has 5 heteroatoms. The number of carbonyl (C=O) groups is 2. The topological polar surface area (TPSA) is 49.4 Å². The smallest absolute Gasteiger partial charge is 0.243 e. The Morgan fingerprint density at radius 3 is 2.21 bits per heavy atom. The summed E-state index contributed by atoms with van der Waals surface area (Å²) in [6, 6.07) is 6.91. The number of rotatable bonds is 7. The van der Waals surface area contributed by atoms with Gasteiger partial charge in [-0.2, -0.15) is 0 Å². The van der Waals surface area contributed by atoms with Crippen LogP contribution in [-0.4, -0.2) is 28.3 Å². The highest BCUT2D eigenvalue weighted by molar-refractivity contribution is 6.30. The van der Waals surface area contributed by atoms with Crippen LogP contribution in [-0.2, 0) is 16.1 Å². The Morgan fingerprint density at radius 2 is 1.75 bits per heavy atom. The molecule has 1 N–H and O–H groups in total. The second-order valence-corrected chi connectivity index (χ2v) is 7.50. The van der Waals surface area contributed by atoms with E-state index in [2.05, 4.69) is 5.32 Å². The minimum atomic E-state index is -0.473. The summed E-state index contributed by atoms with van der Waals surface area (Å²) in [6.45, 7) is 10.1. The summed E-state index contributed by atoms with van der Waals surface area (Å²) >= 11 is 5.93. The number of hydrogen-bond donors (Lipinski definition) is 1. The van der Waals surface area contributed by atoms with Crippen LogP contribution in [0.5, 0.6) is 0 Å². The first kappa shape index (κ1) is 20.5. The summed E-state index contributed by atoms with van der Waals surface area (Å²) < 4.78 is 0. The van der Waals surface area contributed by atoms with Crippen LogP contribution < -0.4 is 5.32 Å². The molecule has 0 radical (unpaired) electrons. The highest BCUT2D eigenvalue weighted by Gasteiger charge is 2.30. The van der Waals surface area contributed by atoms with Crippen molar-refractivity contribution in [3.63, 3.8) is 0 Å². The second-order valence-electron chi connectivity index (χ2n) is 7.06. The van der Waals surface area contributed by atoms with Gasteiger partial charge in [0, 0.05) is 23.5 Å².